The van der Waals surface area contributed by atoms with Crippen molar-refractivity contribution in [1.29, 1.82) is 0 Å². The van der Waals surface area contributed by atoms with Gasteiger partial charge in [-0.2, -0.15) is 0 Å². The molecule has 0 atom stereocenters. The molecule has 3 heteroatoms. The minimum Gasteiger partial charge on any atom is -0.508 e. The van der Waals surface area contributed by atoms with E-state index in [9.17, 15) is 5.11 Å². The number of hydrogen-bond donors (Lipinski definition) is 3. The van der Waals surface area contributed by atoms with Crippen molar-refractivity contribution in [3.63, 3.8) is 0 Å². The molecule has 0 aliphatic rings. The van der Waals surface area contributed by atoms with Gasteiger partial charge < -0.3 is 16.6 Å². The summed E-state index contributed by atoms with van der Waals surface area (Å²) in [4.78, 5) is 0. The number of nitrogen functional groups attached to an aromatic ring is 2. The van der Waals surface area contributed by atoms with Crippen molar-refractivity contribution in [2.45, 2.75) is 0 Å². The Balaban J connectivity index is 2.89. The van der Waals surface area contributed by atoms with Gasteiger partial charge in [0, 0.05) is 5.39 Å². The first-order valence-corrected chi connectivity index (χ1v) is 3.95. The van der Waals surface area contributed by atoms with Crippen LogP contribution >= 0.6 is 0 Å². The van der Waals surface area contributed by atoms with Crippen molar-refractivity contribution >= 4 is 22.1 Å². The molecule has 0 radical (unpaired) electrons. The van der Waals surface area contributed by atoms with Gasteiger partial charge in [-0.1, -0.05) is 12.1 Å². The van der Waals surface area contributed by atoms with Crippen LogP contribution in [-0.2, 0) is 0 Å². The maximum Gasteiger partial charge on any atom is 0.116 e. The third-order valence-electron chi connectivity index (χ3n) is 2.08. The molecule has 66 valence electrons. The molecule has 0 aliphatic carbocycles. The molecule has 0 saturated heterocycles. The van der Waals surface area contributed by atoms with Gasteiger partial charge >= 0.3 is 0 Å². The predicted octanol–water partition coefficient (Wildman–Crippen LogP) is 1.71. The molecule has 2 rings (SSSR count). The molecule has 0 heterocycles. The van der Waals surface area contributed by atoms with Crippen LogP contribution < -0.4 is 11.5 Å². The van der Waals surface area contributed by atoms with Crippen LogP contribution in [-0.4, -0.2) is 5.11 Å². The van der Waals surface area contributed by atoms with E-state index in [1.54, 1.807) is 24.3 Å². The van der Waals surface area contributed by atoms with Crippen molar-refractivity contribution in [2.75, 3.05) is 11.5 Å². The number of phenols is 1. The Hall–Kier alpha value is -1.90. The normalized spacial score (nSPS) is 10.5. The first-order valence-electron chi connectivity index (χ1n) is 3.95. The van der Waals surface area contributed by atoms with E-state index in [0.717, 1.165) is 10.8 Å². The van der Waals surface area contributed by atoms with E-state index in [1.807, 2.05) is 6.07 Å². The third kappa shape index (κ3) is 1.14. The second kappa shape index (κ2) is 2.55. The summed E-state index contributed by atoms with van der Waals surface area (Å²) in [6, 6.07) is 8.68. The highest BCUT2D eigenvalue weighted by Crippen LogP contribution is 2.29. The zero-order valence-corrected chi connectivity index (χ0v) is 6.99. The van der Waals surface area contributed by atoms with Gasteiger partial charge in [0.05, 0.1) is 11.4 Å². The number of anilines is 2. The molecule has 3 nitrogen and oxygen atoms in total. The van der Waals surface area contributed by atoms with Crippen LogP contribution in [0.5, 0.6) is 5.75 Å². The zero-order chi connectivity index (χ0) is 9.42. The Labute approximate surface area is 75.6 Å². The van der Waals surface area contributed by atoms with Gasteiger partial charge in [-0.05, 0) is 23.6 Å². The molecule has 0 aromatic heterocycles. The molecule has 0 bridgehead atoms. The lowest BCUT2D eigenvalue weighted by Crippen LogP contribution is -1.94. The minimum absolute atomic E-state index is 0.199. The van der Waals surface area contributed by atoms with E-state index >= 15 is 0 Å². The smallest absolute Gasteiger partial charge is 0.116 e. The number of fused-ring (bicyclic) bond motifs is 1. The molecule has 13 heavy (non-hydrogen) atoms. The number of benzene rings is 2. The SMILES string of the molecule is Nc1ccc2ccc(O)cc2c1N. The van der Waals surface area contributed by atoms with Gasteiger partial charge in [0.1, 0.15) is 5.75 Å². The summed E-state index contributed by atoms with van der Waals surface area (Å²) >= 11 is 0. The van der Waals surface area contributed by atoms with Gasteiger partial charge in [-0.3, -0.25) is 0 Å². The molecule has 0 fully saturated rings. The average molecular weight is 174 g/mol. The van der Waals surface area contributed by atoms with Crippen LogP contribution in [0.2, 0.25) is 0 Å². The Bertz CT molecular complexity index is 460. The molecule has 2 aromatic carbocycles. The predicted molar refractivity (Wildman–Crippen MR) is 54.4 cm³/mol. The van der Waals surface area contributed by atoms with Gasteiger partial charge in [-0.25, -0.2) is 0 Å². The topological polar surface area (TPSA) is 72.3 Å². The summed E-state index contributed by atoms with van der Waals surface area (Å²) in [5.41, 5.74) is 12.4. The first-order chi connectivity index (χ1) is 6.18. The summed E-state index contributed by atoms with van der Waals surface area (Å²) in [5.74, 6) is 0.199. The number of rotatable bonds is 0. The van der Waals surface area contributed by atoms with E-state index < -0.39 is 0 Å². The van der Waals surface area contributed by atoms with Crippen molar-refractivity contribution in [3.8, 4) is 5.75 Å². The highest BCUT2D eigenvalue weighted by atomic mass is 16.3. The molecule has 0 amide bonds. The van der Waals surface area contributed by atoms with Crippen LogP contribution in [0, 0.1) is 0 Å². The Morgan fingerprint density at radius 1 is 1.00 bits per heavy atom. The molecule has 0 saturated carbocycles. The van der Waals surface area contributed by atoms with Gasteiger partial charge in [0.15, 0.2) is 0 Å². The summed E-state index contributed by atoms with van der Waals surface area (Å²) < 4.78 is 0. The molecule has 5 N–H and O–H groups in total. The molecular weight excluding hydrogens is 164 g/mol. The lowest BCUT2D eigenvalue weighted by atomic mass is 10.1. The minimum atomic E-state index is 0.199. The fourth-order valence-corrected chi connectivity index (χ4v) is 1.35. The largest absolute Gasteiger partial charge is 0.508 e. The molecular formula is C10H10N2O. The number of phenolic OH excluding ortho intramolecular Hbond substituents is 1. The maximum absolute atomic E-state index is 9.25. The van der Waals surface area contributed by atoms with Gasteiger partial charge in [0.2, 0.25) is 0 Å². The summed E-state index contributed by atoms with van der Waals surface area (Å²) in [7, 11) is 0. The van der Waals surface area contributed by atoms with Crippen LogP contribution in [0.3, 0.4) is 0 Å². The van der Waals surface area contributed by atoms with Crippen molar-refractivity contribution in [1.82, 2.24) is 0 Å². The molecule has 0 spiro atoms. The van der Waals surface area contributed by atoms with Gasteiger partial charge in [0.25, 0.3) is 0 Å². The van der Waals surface area contributed by atoms with Crippen molar-refractivity contribution in [2.24, 2.45) is 0 Å². The Morgan fingerprint density at radius 3 is 2.46 bits per heavy atom. The summed E-state index contributed by atoms with van der Waals surface area (Å²) in [6.45, 7) is 0. The van der Waals surface area contributed by atoms with E-state index in [4.69, 9.17) is 11.5 Å². The summed E-state index contributed by atoms with van der Waals surface area (Å²) in [6.07, 6.45) is 0. The van der Waals surface area contributed by atoms with E-state index in [-0.39, 0.29) is 5.75 Å². The standard InChI is InChI=1S/C10H10N2O/c11-9-4-2-6-1-3-7(13)5-8(6)10(9)12/h1-5,13H,11-12H2. The second-order valence-corrected chi connectivity index (χ2v) is 2.97. The first kappa shape index (κ1) is 7.73. The fraction of sp³-hybridized carbons (Fsp3) is 0. The quantitative estimate of drug-likeness (QED) is 0.532. The lowest BCUT2D eigenvalue weighted by Gasteiger charge is -2.05. The lowest BCUT2D eigenvalue weighted by molar-refractivity contribution is 0.476. The van der Waals surface area contributed by atoms with Crippen molar-refractivity contribution in [3.05, 3.63) is 30.3 Å². The Kier molecular flexibility index (Phi) is 1.52. The van der Waals surface area contributed by atoms with E-state index in [0.29, 0.717) is 11.4 Å². The van der Waals surface area contributed by atoms with Crippen molar-refractivity contribution < 1.29 is 5.11 Å². The van der Waals surface area contributed by atoms with Crippen LogP contribution in [0.1, 0.15) is 0 Å². The number of aromatic hydroxyl groups is 1. The molecule has 0 aliphatic heterocycles. The van der Waals surface area contributed by atoms with E-state index in [2.05, 4.69) is 0 Å². The number of hydrogen-bond acceptors (Lipinski definition) is 3. The van der Waals surface area contributed by atoms with Crippen LogP contribution in [0.15, 0.2) is 30.3 Å². The fourth-order valence-electron chi connectivity index (χ4n) is 1.35. The number of nitrogens with two attached hydrogens (primary N) is 2. The zero-order valence-electron chi connectivity index (χ0n) is 6.99. The molecule has 2 aromatic rings. The summed E-state index contributed by atoms with van der Waals surface area (Å²) in [5, 5.41) is 11.0. The van der Waals surface area contributed by atoms with Crippen LogP contribution in [0.4, 0.5) is 11.4 Å². The van der Waals surface area contributed by atoms with Gasteiger partial charge in [-0.15, -0.1) is 0 Å². The average Bonchev–Trinajstić information content (AvgIpc) is 2.12. The highest BCUT2D eigenvalue weighted by molar-refractivity contribution is 5.98. The molecule has 0 unspecified atom stereocenters. The Morgan fingerprint density at radius 2 is 1.69 bits per heavy atom. The highest BCUT2D eigenvalue weighted by Gasteiger charge is 2.01. The second-order valence-electron chi connectivity index (χ2n) is 2.97. The monoisotopic (exact) mass is 174 g/mol. The van der Waals surface area contributed by atoms with E-state index in [1.165, 1.54) is 0 Å². The van der Waals surface area contributed by atoms with Crippen LogP contribution in [0.25, 0.3) is 10.8 Å². The maximum atomic E-state index is 9.25. The third-order valence-corrected chi connectivity index (χ3v) is 2.08.